The Hall–Kier alpha value is -1.63. The van der Waals surface area contributed by atoms with Gasteiger partial charge in [0.05, 0.1) is 18.1 Å². The van der Waals surface area contributed by atoms with E-state index in [0.29, 0.717) is 0 Å². The minimum atomic E-state index is 0.0937. The van der Waals surface area contributed by atoms with Crippen LogP contribution in [0.3, 0.4) is 0 Å². The van der Waals surface area contributed by atoms with Crippen LogP contribution in [0.25, 0.3) is 11.0 Å². The van der Waals surface area contributed by atoms with Crippen molar-refractivity contribution in [2.24, 2.45) is 5.90 Å². The second-order valence-electron chi connectivity index (χ2n) is 3.52. The van der Waals surface area contributed by atoms with E-state index in [0.717, 1.165) is 24.1 Å². The van der Waals surface area contributed by atoms with Gasteiger partial charge in [0.2, 0.25) is 0 Å². The SMILES string of the molecule is CCn1c(=O)n(CC)c2ccccc21.COON. The van der Waals surface area contributed by atoms with Crippen LogP contribution in [-0.4, -0.2) is 16.2 Å². The van der Waals surface area contributed by atoms with Gasteiger partial charge in [0.15, 0.2) is 0 Å². The summed E-state index contributed by atoms with van der Waals surface area (Å²) in [5.41, 5.74) is 2.15. The molecule has 0 amide bonds. The standard InChI is InChI=1S/C11H14N2O.CH5NO2/c1-3-12-9-7-5-6-8-10(9)13(4-2)11(12)14;1-3-4-2/h5-8H,3-4H2,1-2H3;2H2,1H3. The maximum absolute atomic E-state index is 11.9. The summed E-state index contributed by atoms with van der Waals surface area (Å²) in [5.74, 6) is 4.31. The molecular formula is C12H19N3O3. The smallest absolute Gasteiger partial charge is 0.292 e. The average Bonchev–Trinajstić information content (AvgIpc) is 2.70. The number of hydrogen-bond donors (Lipinski definition) is 1. The molecule has 0 saturated carbocycles. The molecule has 1 heterocycles. The van der Waals surface area contributed by atoms with E-state index in [2.05, 4.69) is 15.8 Å². The molecule has 0 unspecified atom stereocenters. The Morgan fingerprint density at radius 3 is 1.78 bits per heavy atom. The molecule has 1 aromatic carbocycles. The summed E-state index contributed by atoms with van der Waals surface area (Å²) < 4.78 is 3.61. The zero-order valence-corrected chi connectivity index (χ0v) is 10.9. The van der Waals surface area contributed by atoms with Crippen LogP contribution in [0, 0.1) is 0 Å². The first-order valence-electron chi connectivity index (χ1n) is 5.78. The normalized spacial score (nSPS) is 10.2. The summed E-state index contributed by atoms with van der Waals surface area (Å²) in [5, 5.41) is 0. The Morgan fingerprint density at radius 1 is 1.11 bits per heavy atom. The van der Waals surface area contributed by atoms with E-state index in [1.807, 2.05) is 38.1 Å². The second-order valence-corrected chi connectivity index (χ2v) is 3.52. The highest BCUT2D eigenvalue weighted by atomic mass is 17.3. The van der Waals surface area contributed by atoms with Gasteiger partial charge in [0.1, 0.15) is 0 Å². The van der Waals surface area contributed by atoms with Gasteiger partial charge in [-0.2, -0.15) is 5.90 Å². The highest BCUT2D eigenvalue weighted by Crippen LogP contribution is 2.11. The summed E-state index contributed by atoms with van der Waals surface area (Å²) >= 11 is 0. The van der Waals surface area contributed by atoms with Crippen molar-refractivity contribution >= 4 is 11.0 Å². The van der Waals surface area contributed by atoms with Crippen LogP contribution >= 0.6 is 0 Å². The van der Waals surface area contributed by atoms with Crippen LogP contribution < -0.4 is 11.6 Å². The Labute approximate surface area is 105 Å². The molecule has 100 valence electrons. The number of rotatable bonds is 3. The summed E-state index contributed by atoms with van der Waals surface area (Å²) in [6.45, 7) is 5.44. The number of nitrogens with two attached hydrogens (primary N) is 1. The van der Waals surface area contributed by atoms with Crippen LogP contribution in [0.1, 0.15) is 13.8 Å². The summed E-state index contributed by atoms with van der Waals surface area (Å²) in [7, 11) is 1.33. The lowest BCUT2D eigenvalue weighted by Crippen LogP contribution is -2.22. The van der Waals surface area contributed by atoms with Gasteiger partial charge in [-0.3, -0.25) is 9.13 Å². The van der Waals surface area contributed by atoms with Crippen molar-refractivity contribution in [3.05, 3.63) is 34.7 Å². The van der Waals surface area contributed by atoms with E-state index in [9.17, 15) is 4.79 Å². The lowest BCUT2D eigenvalue weighted by molar-refractivity contribution is -0.277. The number of nitrogens with zero attached hydrogens (tertiary/aromatic N) is 2. The molecular weight excluding hydrogens is 234 g/mol. The molecule has 0 spiro atoms. The average molecular weight is 253 g/mol. The van der Waals surface area contributed by atoms with Crippen LogP contribution in [0.4, 0.5) is 0 Å². The van der Waals surface area contributed by atoms with Gasteiger partial charge < -0.3 is 0 Å². The van der Waals surface area contributed by atoms with Crippen molar-refractivity contribution in [3.63, 3.8) is 0 Å². The molecule has 2 rings (SSSR count). The minimum absolute atomic E-state index is 0.0937. The molecule has 18 heavy (non-hydrogen) atoms. The number of benzene rings is 1. The summed E-state index contributed by atoms with van der Waals surface area (Å²) in [6.07, 6.45) is 0. The minimum Gasteiger partial charge on any atom is -0.292 e. The van der Waals surface area contributed by atoms with Crippen molar-refractivity contribution in [2.45, 2.75) is 26.9 Å². The highest BCUT2D eigenvalue weighted by Gasteiger charge is 2.08. The number of aryl methyl sites for hydroxylation is 2. The third kappa shape index (κ3) is 2.79. The molecule has 6 heteroatoms. The Bertz CT molecular complexity index is 499. The lowest BCUT2D eigenvalue weighted by Gasteiger charge is -1.95. The third-order valence-electron chi connectivity index (χ3n) is 2.65. The molecule has 2 aromatic rings. The largest absolute Gasteiger partial charge is 0.329 e. The van der Waals surface area contributed by atoms with Crippen molar-refractivity contribution in [1.82, 2.24) is 9.13 Å². The van der Waals surface area contributed by atoms with Gasteiger partial charge in [0, 0.05) is 13.1 Å². The molecule has 2 N–H and O–H groups in total. The van der Waals surface area contributed by atoms with Crippen LogP contribution in [-0.2, 0) is 23.0 Å². The van der Waals surface area contributed by atoms with Crippen LogP contribution in [0.5, 0.6) is 0 Å². The van der Waals surface area contributed by atoms with E-state index in [-0.39, 0.29) is 5.69 Å². The number of aromatic nitrogens is 2. The fourth-order valence-electron chi connectivity index (χ4n) is 1.88. The molecule has 0 fully saturated rings. The molecule has 0 aliphatic carbocycles. The van der Waals surface area contributed by atoms with E-state index < -0.39 is 0 Å². The molecule has 0 aliphatic heterocycles. The number of para-hydroxylation sites is 2. The molecule has 0 aliphatic rings. The number of hydrogen-bond acceptors (Lipinski definition) is 4. The van der Waals surface area contributed by atoms with Crippen molar-refractivity contribution in [3.8, 4) is 0 Å². The van der Waals surface area contributed by atoms with Gasteiger partial charge in [-0.05, 0) is 26.0 Å². The van der Waals surface area contributed by atoms with Gasteiger partial charge in [-0.25, -0.2) is 9.68 Å². The van der Waals surface area contributed by atoms with Crippen LogP contribution in [0.15, 0.2) is 29.1 Å². The Balaban J connectivity index is 0.000000357. The van der Waals surface area contributed by atoms with Crippen LogP contribution in [0.2, 0.25) is 0 Å². The zero-order chi connectivity index (χ0) is 13.5. The highest BCUT2D eigenvalue weighted by molar-refractivity contribution is 5.75. The quantitative estimate of drug-likeness (QED) is 0.660. The maximum Gasteiger partial charge on any atom is 0.329 e. The van der Waals surface area contributed by atoms with Gasteiger partial charge >= 0.3 is 5.69 Å². The van der Waals surface area contributed by atoms with E-state index in [1.54, 1.807) is 9.13 Å². The fourth-order valence-corrected chi connectivity index (χ4v) is 1.88. The fraction of sp³-hybridized carbons (Fsp3) is 0.417. The third-order valence-corrected chi connectivity index (χ3v) is 2.65. The van der Waals surface area contributed by atoms with Crippen molar-refractivity contribution in [2.75, 3.05) is 7.11 Å². The first-order chi connectivity index (χ1) is 8.71. The van der Waals surface area contributed by atoms with Gasteiger partial charge in [-0.15, -0.1) is 4.99 Å². The molecule has 1 aromatic heterocycles. The molecule has 0 saturated heterocycles. The molecule has 6 nitrogen and oxygen atoms in total. The van der Waals surface area contributed by atoms with Gasteiger partial charge in [0.25, 0.3) is 0 Å². The second kappa shape index (κ2) is 6.95. The predicted octanol–water partition coefficient (Wildman–Crippen LogP) is 1.28. The first-order valence-corrected chi connectivity index (χ1v) is 5.78. The summed E-state index contributed by atoms with van der Waals surface area (Å²) in [6, 6.07) is 7.92. The molecule has 0 radical (unpaired) electrons. The number of imidazole rings is 1. The van der Waals surface area contributed by atoms with Crippen molar-refractivity contribution in [1.29, 1.82) is 0 Å². The monoisotopic (exact) mass is 253 g/mol. The molecule has 0 atom stereocenters. The zero-order valence-electron chi connectivity index (χ0n) is 10.9. The van der Waals surface area contributed by atoms with E-state index in [4.69, 9.17) is 0 Å². The van der Waals surface area contributed by atoms with E-state index in [1.165, 1.54) is 7.11 Å². The summed E-state index contributed by atoms with van der Waals surface area (Å²) in [4.78, 5) is 19.2. The lowest BCUT2D eigenvalue weighted by atomic mass is 10.3. The van der Waals surface area contributed by atoms with Gasteiger partial charge in [-0.1, -0.05) is 12.1 Å². The topological polar surface area (TPSA) is 71.4 Å². The van der Waals surface area contributed by atoms with E-state index >= 15 is 0 Å². The van der Waals surface area contributed by atoms with Crippen molar-refractivity contribution < 1.29 is 9.88 Å². The maximum atomic E-state index is 11.9. The Kier molecular flexibility index (Phi) is 5.57. The first kappa shape index (κ1) is 14.4. The predicted molar refractivity (Wildman–Crippen MR) is 69.8 cm³/mol. The molecule has 0 bridgehead atoms. The Morgan fingerprint density at radius 2 is 1.50 bits per heavy atom. The number of fused-ring (bicyclic) bond motifs is 1.